The number of likely N-dealkylation sites (tertiary alicyclic amines) is 1. The van der Waals surface area contributed by atoms with Crippen LogP contribution in [-0.2, 0) is 4.74 Å². The minimum atomic E-state index is -0.729. The van der Waals surface area contributed by atoms with Gasteiger partial charge in [0.2, 0.25) is 0 Å². The van der Waals surface area contributed by atoms with Crippen molar-refractivity contribution in [3.8, 4) is 5.75 Å². The molecule has 0 unspecified atom stereocenters. The third kappa shape index (κ3) is 3.86. The number of para-hydroxylation sites is 1. The molecule has 1 saturated heterocycles. The number of carbonyl (C=O) groups excluding carboxylic acids is 1. The van der Waals surface area contributed by atoms with Crippen molar-refractivity contribution in [2.45, 2.75) is 18.9 Å². The van der Waals surface area contributed by atoms with Crippen molar-refractivity contribution in [2.75, 3.05) is 31.7 Å². The highest BCUT2D eigenvalue weighted by Gasteiger charge is 2.48. The van der Waals surface area contributed by atoms with Gasteiger partial charge in [0.1, 0.15) is 17.4 Å². The van der Waals surface area contributed by atoms with Gasteiger partial charge in [0, 0.05) is 42.3 Å². The second kappa shape index (κ2) is 7.87. The molecule has 2 heterocycles. The lowest BCUT2D eigenvalue weighted by molar-refractivity contribution is 0.0644. The van der Waals surface area contributed by atoms with Gasteiger partial charge in [-0.05, 0) is 37.0 Å². The van der Waals surface area contributed by atoms with E-state index < -0.39 is 11.6 Å². The molecule has 2 aliphatic heterocycles. The van der Waals surface area contributed by atoms with Crippen LogP contribution in [0.2, 0.25) is 0 Å². The summed E-state index contributed by atoms with van der Waals surface area (Å²) >= 11 is 0. The van der Waals surface area contributed by atoms with E-state index in [0.717, 1.165) is 36.1 Å². The second-order valence-corrected chi connectivity index (χ2v) is 8.44. The zero-order chi connectivity index (χ0) is 20.7. The molecule has 2 fully saturated rings. The van der Waals surface area contributed by atoms with Crippen molar-refractivity contribution < 1.29 is 23.0 Å². The lowest BCUT2D eigenvalue weighted by atomic mass is 9.86. The average Bonchev–Trinajstić information content (AvgIpc) is 3.46. The largest absolute Gasteiger partial charge is 0.493 e. The van der Waals surface area contributed by atoms with Crippen LogP contribution in [0.1, 0.15) is 24.4 Å². The standard InChI is InChI=1S/C23H24F2N2O3/c24-16-7-17(25)9-18(8-16)26-23(28)27-10-15(12-29-11-14-5-6-14)20-13-30-21-4-2-1-3-19(21)22(20)27/h1-4,7-9,14-15,20,22H,5-6,10-13H2,(H,26,28)/t15-,20-,22-/m0/s1. The maximum atomic E-state index is 13.6. The van der Waals surface area contributed by atoms with E-state index in [1.165, 1.54) is 12.8 Å². The lowest BCUT2D eigenvalue weighted by Gasteiger charge is -2.34. The Kier molecular flexibility index (Phi) is 5.06. The fourth-order valence-electron chi connectivity index (χ4n) is 4.54. The van der Waals surface area contributed by atoms with Crippen LogP contribution in [0, 0.1) is 29.4 Å². The summed E-state index contributed by atoms with van der Waals surface area (Å²) in [6.07, 6.45) is 2.46. The van der Waals surface area contributed by atoms with Gasteiger partial charge in [-0.1, -0.05) is 18.2 Å². The Hall–Kier alpha value is -2.67. The van der Waals surface area contributed by atoms with Gasteiger partial charge in [-0.15, -0.1) is 0 Å². The van der Waals surface area contributed by atoms with E-state index in [1.807, 2.05) is 24.3 Å². The number of benzene rings is 2. The Morgan fingerprint density at radius 2 is 1.90 bits per heavy atom. The molecule has 5 rings (SSSR count). The van der Waals surface area contributed by atoms with Crippen LogP contribution >= 0.6 is 0 Å². The van der Waals surface area contributed by atoms with Gasteiger partial charge >= 0.3 is 6.03 Å². The molecule has 7 heteroatoms. The lowest BCUT2D eigenvalue weighted by Crippen LogP contribution is -2.38. The van der Waals surface area contributed by atoms with Crippen molar-refractivity contribution >= 4 is 11.7 Å². The van der Waals surface area contributed by atoms with Crippen molar-refractivity contribution in [1.29, 1.82) is 0 Å². The monoisotopic (exact) mass is 414 g/mol. The summed E-state index contributed by atoms with van der Waals surface area (Å²) in [4.78, 5) is 14.9. The van der Waals surface area contributed by atoms with Gasteiger partial charge in [0.25, 0.3) is 0 Å². The number of nitrogens with zero attached hydrogens (tertiary/aromatic N) is 1. The molecule has 1 N–H and O–H groups in total. The molecule has 0 radical (unpaired) electrons. The van der Waals surface area contributed by atoms with Crippen molar-refractivity contribution in [3.05, 3.63) is 59.7 Å². The molecule has 2 amide bonds. The van der Waals surface area contributed by atoms with Crippen LogP contribution in [0.15, 0.2) is 42.5 Å². The molecule has 0 bridgehead atoms. The van der Waals surface area contributed by atoms with Crippen LogP contribution in [0.4, 0.5) is 19.3 Å². The number of rotatable bonds is 5. The molecule has 1 aliphatic carbocycles. The number of carbonyl (C=O) groups is 1. The van der Waals surface area contributed by atoms with Gasteiger partial charge < -0.3 is 19.7 Å². The van der Waals surface area contributed by atoms with E-state index in [1.54, 1.807) is 4.90 Å². The summed E-state index contributed by atoms with van der Waals surface area (Å²) in [5.74, 6) is 0.228. The number of halogens is 2. The minimum absolute atomic E-state index is 0.0998. The second-order valence-electron chi connectivity index (χ2n) is 8.44. The quantitative estimate of drug-likeness (QED) is 0.778. The van der Waals surface area contributed by atoms with E-state index in [9.17, 15) is 13.6 Å². The van der Waals surface area contributed by atoms with Gasteiger partial charge in [-0.2, -0.15) is 0 Å². The van der Waals surface area contributed by atoms with Crippen molar-refractivity contribution in [2.24, 2.45) is 17.8 Å². The summed E-state index contributed by atoms with van der Waals surface area (Å²) in [5, 5.41) is 2.66. The predicted octanol–water partition coefficient (Wildman–Crippen LogP) is 4.61. The first-order chi connectivity index (χ1) is 14.6. The number of urea groups is 1. The zero-order valence-electron chi connectivity index (χ0n) is 16.5. The van der Waals surface area contributed by atoms with E-state index in [2.05, 4.69) is 5.32 Å². The van der Waals surface area contributed by atoms with Gasteiger partial charge in [-0.25, -0.2) is 13.6 Å². The first-order valence-corrected chi connectivity index (χ1v) is 10.4. The molecule has 30 heavy (non-hydrogen) atoms. The zero-order valence-corrected chi connectivity index (χ0v) is 16.5. The molecule has 1 saturated carbocycles. The number of nitrogens with one attached hydrogen (secondary N) is 1. The van der Waals surface area contributed by atoms with Crippen molar-refractivity contribution in [3.63, 3.8) is 0 Å². The number of anilines is 1. The average molecular weight is 414 g/mol. The normalized spacial score (nSPS) is 24.7. The Morgan fingerprint density at radius 1 is 1.13 bits per heavy atom. The van der Waals surface area contributed by atoms with E-state index in [0.29, 0.717) is 25.7 Å². The van der Waals surface area contributed by atoms with Gasteiger partial charge in [0.15, 0.2) is 0 Å². The Morgan fingerprint density at radius 3 is 2.67 bits per heavy atom. The highest BCUT2D eigenvalue weighted by atomic mass is 19.1. The minimum Gasteiger partial charge on any atom is -0.493 e. The van der Waals surface area contributed by atoms with Crippen LogP contribution in [0.3, 0.4) is 0 Å². The first kappa shape index (κ1) is 19.3. The molecular formula is C23H24F2N2O3. The summed E-state index contributed by atoms with van der Waals surface area (Å²) < 4.78 is 39.0. The highest BCUT2D eigenvalue weighted by molar-refractivity contribution is 5.90. The van der Waals surface area contributed by atoms with Crippen LogP contribution in [-0.4, -0.2) is 37.3 Å². The summed E-state index contributed by atoms with van der Waals surface area (Å²) in [5.41, 5.74) is 1.06. The van der Waals surface area contributed by atoms with E-state index in [-0.39, 0.29) is 29.6 Å². The third-order valence-electron chi connectivity index (χ3n) is 6.20. The molecular weight excluding hydrogens is 390 g/mol. The number of hydrogen-bond donors (Lipinski definition) is 1. The fraction of sp³-hybridized carbons (Fsp3) is 0.435. The number of ether oxygens (including phenoxy) is 2. The molecule has 2 aromatic rings. The van der Waals surface area contributed by atoms with E-state index >= 15 is 0 Å². The fourth-order valence-corrected chi connectivity index (χ4v) is 4.54. The molecule has 2 aromatic carbocycles. The summed E-state index contributed by atoms with van der Waals surface area (Å²) in [7, 11) is 0. The molecule has 0 spiro atoms. The predicted molar refractivity (Wildman–Crippen MR) is 107 cm³/mol. The molecule has 0 aromatic heterocycles. The summed E-state index contributed by atoms with van der Waals surface area (Å²) in [6.45, 7) is 2.35. The maximum Gasteiger partial charge on any atom is 0.322 e. The van der Waals surface area contributed by atoms with Crippen LogP contribution in [0.25, 0.3) is 0 Å². The summed E-state index contributed by atoms with van der Waals surface area (Å²) in [6, 6.07) is 10.2. The van der Waals surface area contributed by atoms with Crippen LogP contribution in [0.5, 0.6) is 5.75 Å². The van der Waals surface area contributed by atoms with E-state index in [4.69, 9.17) is 9.47 Å². The highest BCUT2D eigenvalue weighted by Crippen LogP contribution is 2.47. The molecule has 3 aliphatic rings. The van der Waals surface area contributed by atoms with Gasteiger partial charge in [-0.3, -0.25) is 0 Å². The van der Waals surface area contributed by atoms with Crippen LogP contribution < -0.4 is 10.1 Å². The third-order valence-corrected chi connectivity index (χ3v) is 6.20. The smallest absolute Gasteiger partial charge is 0.322 e. The SMILES string of the molecule is O=C(Nc1cc(F)cc(F)c1)N1C[C@@H](COCC2CC2)[C@@H]2COc3ccccc3[C@@H]21. The van der Waals surface area contributed by atoms with Crippen molar-refractivity contribution in [1.82, 2.24) is 4.90 Å². The Labute approximate surface area is 174 Å². The molecule has 3 atom stereocenters. The number of amides is 2. The first-order valence-electron chi connectivity index (χ1n) is 10.4. The maximum absolute atomic E-state index is 13.6. The molecule has 158 valence electrons. The topological polar surface area (TPSA) is 50.8 Å². The molecule has 5 nitrogen and oxygen atoms in total. The van der Waals surface area contributed by atoms with Gasteiger partial charge in [0.05, 0.1) is 19.3 Å². The number of fused-ring (bicyclic) bond motifs is 3. The Bertz CT molecular complexity index is 930. The number of hydrogen-bond acceptors (Lipinski definition) is 3. The Balaban J connectivity index is 1.38.